The van der Waals surface area contributed by atoms with E-state index in [1.807, 2.05) is 0 Å². The first-order valence-corrected chi connectivity index (χ1v) is 17.5. The summed E-state index contributed by atoms with van der Waals surface area (Å²) < 4.78 is 0. The van der Waals surface area contributed by atoms with Gasteiger partial charge in [-0.1, -0.05) is 168 Å². The van der Waals surface area contributed by atoms with Crippen molar-refractivity contribution in [1.29, 1.82) is 0 Å². The number of hydrogen-bond donors (Lipinski definition) is 0. The van der Waals surface area contributed by atoms with Gasteiger partial charge in [0.25, 0.3) is 0 Å². The van der Waals surface area contributed by atoms with E-state index in [0.717, 1.165) is 0 Å². The number of nitrogens with zero attached hydrogens (tertiary/aromatic N) is 2. The highest BCUT2D eigenvalue weighted by Gasteiger charge is 2.24. The minimum Gasteiger partial charge on any atom is -0.356 e. The van der Waals surface area contributed by atoms with Crippen LogP contribution >= 0.6 is 0 Å². The monoisotopic (exact) mass is 519 g/mol. The van der Waals surface area contributed by atoms with Crippen molar-refractivity contribution in [2.24, 2.45) is 0 Å². The molecule has 1 atom stereocenters. The average molecular weight is 519 g/mol. The molecule has 37 heavy (non-hydrogen) atoms. The molecule has 0 saturated heterocycles. The first-order chi connectivity index (χ1) is 18.3. The first kappa shape index (κ1) is 34.4. The van der Waals surface area contributed by atoms with Crippen LogP contribution < -0.4 is 0 Å². The molecule has 1 aliphatic rings. The summed E-state index contributed by atoms with van der Waals surface area (Å²) in [5.41, 5.74) is 0. The zero-order valence-corrected chi connectivity index (χ0v) is 26.1. The second-order valence-corrected chi connectivity index (χ2v) is 12.2. The molecule has 0 spiro atoms. The standard InChI is InChI=1S/C35H70N2/c1-4-7-10-13-15-16-17-18-19-20-21-23-26-29-32-37-34-33-36(31-28-25-22-14-11-8-5-2)35(37)30-27-24-12-9-6-3/h33-35H,4-32H2,1-3H3. The first-order valence-electron chi connectivity index (χ1n) is 17.5. The summed E-state index contributed by atoms with van der Waals surface area (Å²) in [5, 5.41) is 0. The molecule has 0 aromatic rings. The summed E-state index contributed by atoms with van der Waals surface area (Å²) in [7, 11) is 0. The van der Waals surface area contributed by atoms with E-state index in [1.54, 1.807) is 0 Å². The van der Waals surface area contributed by atoms with Crippen molar-refractivity contribution in [1.82, 2.24) is 9.80 Å². The maximum atomic E-state index is 2.70. The molecule has 2 nitrogen and oxygen atoms in total. The van der Waals surface area contributed by atoms with Crippen molar-refractivity contribution in [3.8, 4) is 0 Å². The molecular formula is C35H70N2. The Morgan fingerprint density at radius 2 is 0.622 bits per heavy atom. The lowest BCUT2D eigenvalue weighted by molar-refractivity contribution is 0.135. The van der Waals surface area contributed by atoms with Crippen LogP contribution in [0.25, 0.3) is 0 Å². The third-order valence-electron chi connectivity index (χ3n) is 8.57. The van der Waals surface area contributed by atoms with E-state index < -0.39 is 0 Å². The van der Waals surface area contributed by atoms with E-state index in [0.29, 0.717) is 6.17 Å². The molecule has 1 heterocycles. The lowest BCUT2D eigenvalue weighted by Gasteiger charge is -2.33. The van der Waals surface area contributed by atoms with Gasteiger partial charge in [-0.25, -0.2) is 0 Å². The van der Waals surface area contributed by atoms with Crippen molar-refractivity contribution in [2.45, 2.75) is 200 Å². The third kappa shape index (κ3) is 20.0. The van der Waals surface area contributed by atoms with Gasteiger partial charge in [-0.3, -0.25) is 0 Å². The smallest absolute Gasteiger partial charge is 0.101 e. The molecule has 0 amide bonds. The lowest BCUT2D eigenvalue weighted by Crippen LogP contribution is -2.39. The molecule has 2 heteroatoms. The van der Waals surface area contributed by atoms with Crippen LogP contribution in [-0.2, 0) is 0 Å². The average Bonchev–Trinajstić information content (AvgIpc) is 3.29. The summed E-state index contributed by atoms with van der Waals surface area (Å²) in [6.07, 6.45) is 44.0. The molecule has 0 aromatic heterocycles. The molecule has 0 N–H and O–H groups in total. The van der Waals surface area contributed by atoms with Crippen LogP contribution in [-0.4, -0.2) is 29.1 Å². The Morgan fingerprint density at radius 1 is 0.351 bits per heavy atom. The Bertz CT molecular complexity index is 474. The highest BCUT2D eigenvalue weighted by atomic mass is 15.4. The Hall–Kier alpha value is -0.660. The van der Waals surface area contributed by atoms with Crippen molar-refractivity contribution in [2.75, 3.05) is 13.1 Å². The summed E-state index contributed by atoms with van der Waals surface area (Å²) in [6.45, 7) is 9.47. The highest BCUT2D eigenvalue weighted by molar-refractivity contribution is 4.97. The van der Waals surface area contributed by atoms with Gasteiger partial charge in [0.1, 0.15) is 6.17 Å². The molecule has 1 aliphatic heterocycles. The van der Waals surface area contributed by atoms with Crippen molar-refractivity contribution in [3.05, 3.63) is 12.4 Å². The summed E-state index contributed by atoms with van der Waals surface area (Å²) in [6, 6.07) is 0. The summed E-state index contributed by atoms with van der Waals surface area (Å²) in [5.74, 6) is 0. The fourth-order valence-electron chi connectivity index (χ4n) is 6.01. The number of rotatable bonds is 29. The molecular weight excluding hydrogens is 448 g/mol. The van der Waals surface area contributed by atoms with Crippen LogP contribution in [0.1, 0.15) is 194 Å². The van der Waals surface area contributed by atoms with Crippen LogP contribution in [0.2, 0.25) is 0 Å². The van der Waals surface area contributed by atoms with Gasteiger partial charge in [-0.05, 0) is 25.7 Å². The predicted octanol–water partition coefficient (Wildman–Crippen LogP) is 12.0. The Labute approximate surface area is 235 Å². The van der Waals surface area contributed by atoms with Gasteiger partial charge in [0.15, 0.2) is 0 Å². The van der Waals surface area contributed by atoms with Crippen LogP contribution in [0.5, 0.6) is 0 Å². The van der Waals surface area contributed by atoms with E-state index in [-0.39, 0.29) is 0 Å². The molecule has 0 fully saturated rings. The second kappa shape index (κ2) is 26.9. The van der Waals surface area contributed by atoms with Gasteiger partial charge in [0, 0.05) is 25.5 Å². The fraction of sp³-hybridized carbons (Fsp3) is 0.943. The van der Waals surface area contributed by atoms with Gasteiger partial charge >= 0.3 is 0 Å². The zero-order chi connectivity index (χ0) is 26.7. The zero-order valence-electron chi connectivity index (χ0n) is 26.1. The van der Waals surface area contributed by atoms with Gasteiger partial charge in [0.2, 0.25) is 0 Å². The quantitative estimate of drug-likeness (QED) is 0.0908. The van der Waals surface area contributed by atoms with Crippen LogP contribution in [0.3, 0.4) is 0 Å². The summed E-state index contributed by atoms with van der Waals surface area (Å²) >= 11 is 0. The van der Waals surface area contributed by atoms with Crippen LogP contribution in [0.4, 0.5) is 0 Å². The van der Waals surface area contributed by atoms with E-state index >= 15 is 0 Å². The molecule has 220 valence electrons. The van der Waals surface area contributed by atoms with Gasteiger partial charge in [0.05, 0.1) is 0 Å². The van der Waals surface area contributed by atoms with Gasteiger partial charge < -0.3 is 9.80 Å². The molecule has 0 bridgehead atoms. The summed E-state index contributed by atoms with van der Waals surface area (Å²) in [4.78, 5) is 5.39. The molecule has 0 saturated carbocycles. The maximum absolute atomic E-state index is 2.70. The van der Waals surface area contributed by atoms with Gasteiger partial charge in [-0.2, -0.15) is 0 Å². The van der Waals surface area contributed by atoms with E-state index in [1.165, 1.54) is 186 Å². The lowest BCUT2D eigenvalue weighted by atomic mass is 10.0. The Kier molecular flexibility index (Phi) is 25.0. The van der Waals surface area contributed by atoms with E-state index in [2.05, 4.69) is 43.0 Å². The fourth-order valence-corrected chi connectivity index (χ4v) is 6.01. The molecule has 1 unspecified atom stereocenters. The topological polar surface area (TPSA) is 6.48 Å². The minimum absolute atomic E-state index is 0.642. The van der Waals surface area contributed by atoms with Crippen molar-refractivity contribution < 1.29 is 0 Å². The predicted molar refractivity (Wildman–Crippen MR) is 168 cm³/mol. The Morgan fingerprint density at radius 3 is 0.946 bits per heavy atom. The molecule has 0 aliphatic carbocycles. The van der Waals surface area contributed by atoms with E-state index in [9.17, 15) is 0 Å². The maximum Gasteiger partial charge on any atom is 0.101 e. The number of unbranched alkanes of at least 4 members (excludes halogenated alkanes) is 23. The number of hydrogen-bond acceptors (Lipinski definition) is 2. The molecule has 1 rings (SSSR count). The minimum atomic E-state index is 0.642. The van der Waals surface area contributed by atoms with E-state index in [4.69, 9.17) is 0 Å². The molecule has 0 aromatic carbocycles. The van der Waals surface area contributed by atoms with Crippen LogP contribution in [0.15, 0.2) is 12.4 Å². The SMILES string of the molecule is CCCCCCCCCCCCCCCCN1C=CN(CCCCCCCCC)C1CCCCCCC. The van der Waals surface area contributed by atoms with Gasteiger partial charge in [-0.15, -0.1) is 0 Å². The second-order valence-electron chi connectivity index (χ2n) is 12.2. The highest BCUT2D eigenvalue weighted by Crippen LogP contribution is 2.24. The van der Waals surface area contributed by atoms with Crippen molar-refractivity contribution >= 4 is 0 Å². The third-order valence-corrected chi connectivity index (χ3v) is 8.57. The largest absolute Gasteiger partial charge is 0.356 e. The normalized spacial score (nSPS) is 15.4. The van der Waals surface area contributed by atoms with Crippen molar-refractivity contribution in [3.63, 3.8) is 0 Å². The molecule has 0 radical (unpaired) electrons. The van der Waals surface area contributed by atoms with Crippen LogP contribution in [0, 0.1) is 0 Å². The Balaban J connectivity index is 2.14.